The molecule has 66 valence electrons. The predicted octanol–water partition coefficient (Wildman–Crippen LogP) is -0.352. The summed E-state index contributed by atoms with van der Waals surface area (Å²) in [5, 5.41) is 8.96. The highest BCUT2D eigenvalue weighted by molar-refractivity contribution is 4.83. The SMILES string of the molecule is CC1C(CO)CCN1CCN. The Bertz CT molecular complexity index is 119. The predicted molar refractivity (Wildman–Crippen MR) is 45.3 cm³/mol. The van der Waals surface area contributed by atoms with Crippen LogP contribution in [-0.2, 0) is 0 Å². The van der Waals surface area contributed by atoms with Crippen LogP contribution in [-0.4, -0.2) is 42.3 Å². The number of rotatable bonds is 3. The van der Waals surface area contributed by atoms with Gasteiger partial charge in [-0.3, -0.25) is 4.90 Å². The highest BCUT2D eigenvalue weighted by atomic mass is 16.3. The van der Waals surface area contributed by atoms with Gasteiger partial charge < -0.3 is 10.8 Å². The first kappa shape index (κ1) is 8.97. The molecule has 0 aliphatic carbocycles. The van der Waals surface area contributed by atoms with E-state index in [9.17, 15) is 0 Å². The zero-order valence-corrected chi connectivity index (χ0v) is 7.16. The van der Waals surface area contributed by atoms with E-state index < -0.39 is 0 Å². The monoisotopic (exact) mass is 158 g/mol. The van der Waals surface area contributed by atoms with Gasteiger partial charge in [0.1, 0.15) is 0 Å². The summed E-state index contributed by atoms with van der Waals surface area (Å²) in [5.41, 5.74) is 5.45. The van der Waals surface area contributed by atoms with Crippen LogP contribution in [0.3, 0.4) is 0 Å². The van der Waals surface area contributed by atoms with E-state index in [1.54, 1.807) is 0 Å². The number of nitrogens with two attached hydrogens (primary N) is 1. The fraction of sp³-hybridized carbons (Fsp3) is 1.00. The lowest BCUT2D eigenvalue weighted by Gasteiger charge is -2.22. The molecule has 1 fully saturated rings. The Morgan fingerprint density at radius 3 is 2.82 bits per heavy atom. The molecule has 1 aliphatic heterocycles. The second-order valence-electron chi connectivity index (χ2n) is 3.30. The van der Waals surface area contributed by atoms with Crippen LogP contribution < -0.4 is 5.73 Å². The Kier molecular flexibility index (Phi) is 3.30. The fourth-order valence-electron chi connectivity index (χ4n) is 1.80. The van der Waals surface area contributed by atoms with E-state index in [2.05, 4.69) is 11.8 Å². The molecule has 3 heteroatoms. The molecular formula is C8H18N2O. The first-order chi connectivity index (χ1) is 5.29. The Morgan fingerprint density at radius 1 is 1.64 bits per heavy atom. The van der Waals surface area contributed by atoms with E-state index in [0.29, 0.717) is 18.6 Å². The average Bonchev–Trinajstić information content (AvgIpc) is 2.34. The molecule has 2 unspecified atom stereocenters. The first-order valence-corrected chi connectivity index (χ1v) is 4.34. The third-order valence-corrected chi connectivity index (χ3v) is 2.70. The van der Waals surface area contributed by atoms with Gasteiger partial charge in [0.05, 0.1) is 0 Å². The summed E-state index contributed by atoms with van der Waals surface area (Å²) >= 11 is 0. The van der Waals surface area contributed by atoms with Crippen molar-refractivity contribution in [1.82, 2.24) is 4.90 Å². The summed E-state index contributed by atoms with van der Waals surface area (Å²) in [6.07, 6.45) is 1.12. The van der Waals surface area contributed by atoms with Crippen molar-refractivity contribution in [2.45, 2.75) is 19.4 Å². The number of aliphatic hydroxyl groups excluding tert-OH is 1. The molecular weight excluding hydrogens is 140 g/mol. The summed E-state index contributed by atoms with van der Waals surface area (Å²) in [5.74, 6) is 0.474. The molecule has 2 atom stereocenters. The summed E-state index contributed by atoms with van der Waals surface area (Å²) in [7, 11) is 0. The largest absolute Gasteiger partial charge is 0.396 e. The Labute approximate surface area is 68.2 Å². The quantitative estimate of drug-likeness (QED) is 0.590. The van der Waals surface area contributed by atoms with Gasteiger partial charge in [0.25, 0.3) is 0 Å². The molecule has 1 saturated heterocycles. The van der Waals surface area contributed by atoms with E-state index in [0.717, 1.165) is 26.1 Å². The molecule has 1 heterocycles. The molecule has 3 nitrogen and oxygen atoms in total. The van der Waals surface area contributed by atoms with Crippen molar-refractivity contribution >= 4 is 0 Å². The standard InChI is InChI=1S/C8H18N2O/c1-7-8(6-11)2-4-10(7)5-3-9/h7-8,11H,2-6,9H2,1H3. The molecule has 0 aromatic carbocycles. The van der Waals surface area contributed by atoms with Gasteiger partial charge in [0.2, 0.25) is 0 Å². The molecule has 0 aromatic heterocycles. The Balaban J connectivity index is 2.35. The lowest BCUT2D eigenvalue weighted by Crippen LogP contribution is -2.35. The van der Waals surface area contributed by atoms with E-state index in [-0.39, 0.29) is 0 Å². The van der Waals surface area contributed by atoms with Crippen molar-refractivity contribution < 1.29 is 5.11 Å². The maximum absolute atomic E-state index is 8.96. The maximum atomic E-state index is 8.96. The third-order valence-electron chi connectivity index (χ3n) is 2.70. The topological polar surface area (TPSA) is 49.5 Å². The van der Waals surface area contributed by atoms with Crippen LogP contribution in [0.25, 0.3) is 0 Å². The van der Waals surface area contributed by atoms with Crippen molar-refractivity contribution in [1.29, 1.82) is 0 Å². The second kappa shape index (κ2) is 4.04. The molecule has 1 aliphatic rings. The van der Waals surface area contributed by atoms with Crippen LogP contribution in [0.1, 0.15) is 13.3 Å². The molecule has 0 saturated carbocycles. The zero-order chi connectivity index (χ0) is 8.27. The van der Waals surface area contributed by atoms with Crippen LogP contribution >= 0.6 is 0 Å². The molecule has 0 spiro atoms. The highest BCUT2D eigenvalue weighted by Crippen LogP contribution is 2.22. The van der Waals surface area contributed by atoms with Crippen molar-refractivity contribution in [2.75, 3.05) is 26.2 Å². The fourth-order valence-corrected chi connectivity index (χ4v) is 1.80. The number of likely N-dealkylation sites (tertiary alicyclic amines) is 1. The van der Waals surface area contributed by atoms with E-state index in [1.165, 1.54) is 0 Å². The van der Waals surface area contributed by atoms with Crippen LogP contribution in [0.5, 0.6) is 0 Å². The van der Waals surface area contributed by atoms with E-state index >= 15 is 0 Å². The molecule has 3 N–H and O–H groups in total. The minimum atomic E-state index is 0.322. The van der Waals surface area contributed by atoms with Crippen LogP contribution in [0, 0.1) is 5.92 Å². The molecule has 0 aromatic rings. The Morgan fingerprint density at radius 2 is 2.36 bits per heavy atom. The Hall–Kier alpha value is -0.120. The van der Waals surface area contributed by atoms with Gasteiger partial charge in [-0.25, -0.2) is 0 Å². The molecule has 0 amide bonds. The van der Waals surface area contributed by atoms with Gasteiger partial charge in [0, 0.05) is 25.7 Å². The molecule has 0 bridgehead atoms. The van der Waals surface area contributed by atoms with Gasteiger partial charge in [-0.1, -0.05) is 0 Å². The van der Waals surface area contributed by atoms with Crippen molar-refractivity contribution in [3.63, 3.8) is 0 Å². The van der Waals surface area contributed by atoms with E-state index in [4.69, 9.17) is 10.8 Å². The van der Waals surface area contributed by atoms with Crippen molar-refractivity contribution in [3.05, 3.63) is 0 Å². The lowest BCUT2D eigenvalue weighted by molar-refractivity contribution is 0.179. The minimum absolute atomic E-state index is 0.322. The lowest BCUT2D eigenvalue weighted by atomic mass is 10.0. The van der Waals surface area contributed by atoms with Gasteiger partial charge >= 0.3 is 0 Å². The number of nitrogens with zero attached hydrogens (tertiary/aromatic N) is 1. The van der Waals surface area contributed by atoms with Crippen LogP contribution in [0.2, 0.25) is 0 Å². The normalized spacial score (nSPS) is 33.0. The number of hydrogen-bond acceptors (Lipinski definition) is 3. The maximum Gasteiger partial charge on any atom is 0.0474 e. The minimum Gasteiger partial charge on any atom is -0.396 e. The molecule has 1 rings (SSSR count). The van der Waals surface area contributed by atoms with Gasteiger partial charge in [-0.15, -0.1) is 0 Å². The van der Waals surface area contributed by atoms with Gasteiger partial charge in [-0.05, 0) is 25.8 Å². The highest BCUT2D eigenvalue weighted by Gasteiger charge is 2.28. The zero-order valence-electron chi connectivity index (χ0n) is 7.16. The van der Waals surface area contributed by atoms with Gasteiger partial charge in [-0.2, -0.15) is 0 Å². The van der Waals surface area contributed by atoms with Crippen LogP contribution in [0.15, 0.2) is 0 Å². The molecule has 0 radical (unpaired) electrons. The smallest absolute Gasteiger partial charge is 0.0474 e. The van der Waals surface area contributed by atoms with Crippen molar-refractivity contribution in [2.24, 2.45) is 11.7 Å². The first-order valence-electron chi connectivity index (χ1n) is 4.34. The van der Waals surface area contributed by atoms with Gasteiger partial charge in [0.15, 0.2) is 0 Å². The van der Waals surface area contributed by atoms with E-state index in [1.807, 2.05) is 0 Å². The summed E-state index contributed by atoms with van der Waals surface area (Å²) in [6, 6.07) is 0.517. The number of aliphatic hydroxyl groups is 1. The summed E-state index contributed by atoms with van der Waals surface area (Å²) < 4.78 is 0. The third kappa shape index (κ3) is 1.92. The number of hydrogen-bond donors (Lipinski definition) is 2. The van der Waals surface area contributed by atoms with Crippen LogP contribution in [0.4, 0.5) is 0 Å². The summed E-state index contributed by atoms with van der Waals surface area (Å²) in [4.78, 5) is 2.35. The second-order valence-corrected chi connectivity index (χ2v) is 3.30. The molecule has 11 heavy (non-hydrogen) atoms. The van der Waals surface area contributed by atoms with Crippen molar-refractivity contribution in [3.8, 4) is 0 Å². The average molecular weight is 158 g/mol. The summed E-state index contributed by atoms with van der Waals surface area (Å²) in [6.45, 7) is 5.29.